The maximum absolute atomic E-state index is 12.0. The lowest BCUT2D eigenvalue weighted by molar-refractivity contribution is -0.126. The first-order chi connectivity index (χ1) is 11.0. The Morgan fingerprint density at radius 1 is 1.13 bits per heavy atom. The first kappa shape index (κ1) is 17.2. The zero-order valence-corrected chi connectivity index (χ0v) is 13.9. The number of amides is 2. The number of benzene rings is 1. The Hall–Kier alpha value is -2.17. The minimum atomic E-state index is -0.137. The molecule has 1 aromatic carbocycles. The number of hydrazone groups is 1. The molecule has 2 amide bonds. The highest BCUT2D eigenvalue weighted by Crippen LogP contribution is 2.23. The van der Waals surface area contributed by atoms with Crippen LogP contribution in [0.25, 0.3) is 0 Å². The average Bonchev–Trinajstić information content (AvgIpc) is 2.55. The maximum atomic E-state index is 12.0. The van der Waals surface area contributed by atoms with Crippen LogP contribution < -0.4 is 10.7 Å². The van der Waals surface area contributed by atoms with Crippen LogP contribution in [-0.2, 0) is 9.59 Å². The molecule has 0 spiro atoms. The van der Waals surface area contributed by atoms with E-state index in [2.05, 4.69) is 15.8 Å². The molecule has 0 heterocycles. The number of aryl methyl sites for hydroxylation is 1. The second-order valence-corrected chi connectivity index (χ2v) is 6.25. The number of carbonyl (C=O) groups is 2. The van der Waals surface area contributed by atoms with Crippen molar-refractivity contribution in [2.45, 2.75) is 52.4 Å². The van der Waals surface area contributed by atoms with Crippen LogP contribution in [0.1, 0.15) is 51.0 Å². The molecule has 5 nitrogen and oxygen atoms in total. The summed E-state index contributed by atoms with van der Waals surface area (Å²) < 4.78 is 0. The molecular weight excluding hydrogens is 290 g/mol. The van der Waals surface area contributed by atoms with E-state index in [1.54, 1.807) is 6.92 Å². The first-order valence-electron chi connectivity index (χ1n) is 8.24. The van der Waals surface area contributed by atoms with Crippen molar-refractivity contribution in [3.8, 4) is 0 Å². The van der Waals surface area contributed by atoms with E-state index >= 15 is 0 Å². The second-order valence-electron chi connectivity index (χ2n) is 6.25. The molecular formula is C18H25N3O2. The van der Waals surface area contributed by atoms with Gasteiger partial charge in [0, 0.05) is 17.3 Å². The molecule has 0 unspecified atom stereocenters. The van der Waals surface area contributed by atoms with Gasteiger partial charge in [0.2, 0.25) is 11.8 Å². The Balaban J connectivity index is 1.78. The van der Waals surface area contributed by atoms with E-state index in [9.17, 15) is 9.59 Å². The van der Waals surface area contributed by atoms with Gasteiger partial charge >= 0.3 is 0 Å². The van der Waals surface area contributed by atoms with Gasteiger partial charge in [-0.15, -0.1) is 0 Å². The quantitative estimate of drug-likeness (QED) is 0.646. The van der Waals surface area contributed by atoms with Crippen LogP contribution in [0.4, 0.5) is 5.69 Å². The van der Waals surface area contributed by atoms with Crippen molar-refractivity contribution in [1.82, 2.24) is 5.43 Å². The van der Waals surface area contributed by atoms with E-state index in [1.165, 1.54) is 6.42 Å². The molecule has 2 N–H and O–H groups in total. The summed E-state index contributed by atoms with van der Waals surface area (Å²) in [6.45, 7) is 3.74. The summed E-state index contributed by atoms with van der Waals surface area (Å²) in [5.74, 6) is -0.0910. The summed E-state index contributed by atoms with van der Waals surface area (Å²) >= 11 is 0. The first-order valence-corrected chi connectivity index (χ1v) is 8.24. The van der Waals surface area contributed by atoms with Crippen LogP contribution >= 0.6 is 0 Å². The molecule has 1 aromatic rings. The smallest absolute Gasteiger partial charge is 0.243 e. The van der Waals surface area contributed by atoms with Gasteiger partial charge < -0.3 is 5.32 Å². The highest BCUT2D eigenvalue weighted by molar-refractivity contribution is 6.05. The third-order valence-corrected chi connectivity index (χ3v) is 4.08. The fourth-order valence-electron chi connectivity index (χ4n) is 2.72. The van der Waals surface area contributed by atoms with Crippen LogP contribution in [-0.4, -0.2) is 17.5 Å². The Bertz CT molecular complexity index is 572. The van der Waals surface area contributed by atoms with Gasteiger partial charge in [0.1, 0.15) is 0 Å². The van der Waals surface area contributed by atoms with Gasteiger partial charge in [-0.05, 0) is 38.8 Å². The molecule has 1 saturated carbocycles. The van der Waals surface area contributed by atoms with Crippen molar-refractivity contribution in [3.63, 3.8) is 0 Å². The van der Waals surface area contributed by atoms with E-state index in [0.717, 1.165) is 36.9 Å². The van der Waals surface area contributed by atoms with E-state index < -0.39 is 0 Å². The van der Waals surface area contributed by atoms with E-state index in [0.29, 0.717) is 5.71 Å². The topological polar surface area (TPSA) is 70.6 Å². The zero-order chi connectivity index (χ0) is 16.7. The molecule has 0 aliphatic heterocycles. The minimum Gasteiger partial charge on any atom is -0.326 e. The van der Waals surface area contributed by atoms with Crippen LogP contribution in [0.2, 0.25) is 0 Å². The second kappa shape index (κ2) is 8.46. The lowest BCUT2D eigenvalue weighted by Crippen LogP contribution is -2.29. The van der Waals surface area contributed by atoms with Gasteiger partial charge in [-0.3, -0.25) is 9.59 Å². The van der Waals surface area contributed by atoms with Crippen LogP contribution in [0.3, 0.4) is 0 Å². The standard InChI is InChI=1S/C18H25N3O2/c1-13-8-10-16(11-9-13)19-17(22)12-14(2)20-21-18(23)15-6-4-3-5-7-15/h8-11,15H,3-7,12H2,1-2H3,(H,19,22)(H,21,23). The molecule has 1 fully saturated rings. The summed E-state index contributed by atoms with van der Waals surface area (Å²) in [7, 11) is 0. The SMILES string of the molecule is CC(CC(=O)Nc1ccc(C)cc1)=NNC(=O)C1CCCCC1. The predicted molar refractivity (Wildman–Crippen MR) is 92.3 cm³/mol. The molecule has 5 heteroatoms. The Labute approximate surface area is 137 Å². The van der Waals surface area contributed by atoms with E-state index in [1.807, 2.05) is 31.2 Å². The highest BCUT2D eigenvalue weighted by atomic mass is 16.2. The fraction of sp³-hybridized carbons (Fsp3) is 0.500. The van der Waals surface area contributed by atoms with E-state index in [4.69, 9.17) is 0 Å². The lowest BCUT2D eigenvalue weighted by Gasteiger charge is -2.19. The zero-order valence-electron chi connectivity index (χ0n) is 13.9. The van der Waals surface area contributed by atoms with Gasteiger partial charge in [-0.2, -0.15) is 5.10 Å². The Morgan fingerprint density at radius 2 is 1.78 bits per heavy atom. The number of rotatable bonds is 5. The van der Waals surface area contributed by atoms with Gasteiger partial charge in [0.05, 0.1) is 6.42 Å². The minimum absolute atomic E-state index is 0.0250. The average molecular weight is 315 g/mol. The van der Waals surface area contributed by atoms with Gasteiger partial charge in [-0.25, -0.2) is 5.43 Å². The third-order valence-electron chi connectivity index (χ3n) is 4.08. The molecule has 1 aliphatic carbocycles. The van der Waals surface area contributed by atoms with Crippen molar-refractivity contribution >= 4 is 23.2 Å². The Morgan fingerprint density at radius 3 is 2.43 bits per heavy atom. The van der Waals surface area contributed by atoms with Crippen molar-refractivity contribution in [2.24, 2.45) is 11.0 Å². The Kier molecular flexibility index (Phi) is 6.32. The van der Waals surface area contributed by atoms with Crippen LogP contribution in [0, 0.1) is 12.8 Å². The van der Waals surface area contributed by atoms with Crippen molar-refractivity contribution < 1.29 is 9.59 Å². The summed E-state index contributed by atoms with van der Waals surface area (Å²) in [4.78, 5) is 23.9. The summed E-state index contributed by atoms with van der Waals surface area (Å²) in [5.41, 5.74) is 5.10. The van der Waals surface area contributed by atoms with Gasteiger partial charge in [-0.1, -0.05) is 37.0 Å². The van der Waals surface area contributed by atoms with E-state index in [-0.39, 0.29) is 24.2 Å². The van der Waals surface area contributed by atoms with Gasteiger partial charge in [0.25, 0.3) is 0 Å². The molecule has 23 heavy (non-hydrogen) atoms. The maximum Gasteiger partial charge on any atom is 0.243 e. The summed E-state index contributed by atoms with van der Waals surface area (Å²) in [6, 6.07) is 7.62. The molecule has 0 atom stereocenters. The fourth-order valence-corrected chi connectivity index (χ4v) is 2.72. The van der Waals surface area contributed by atoms with Crippen molar-refractivity contribution in [1.29, 1.82) is 0 Å². The lowest BCUT2D eigenvalue weighted by atomic mass is 9.89. The number of nitrogens with one attached hydrogen (secondary N) is 2. The van der Waals surface area contributed by atoms with Crippen molar-refractivity contribution in [3.05, 3.63) is 29.8 Å². The number of anilines is 1. The molecule has 2 rings (SSSR count). The molecule has 0 radical (unpaired) electrons. The third kappa shape index (κ3) is 5.85. The molecule has 0 aromatic heterocycles. The summed E-state index contributed by atoms with van der Waals surface area (Å²) in [6.07, 6.45) is 5.48. The number of carbonyl (C=O) groups excluding carboxylic acids is 2. The molecule has 124 valence electrons. The molecule has 0 bridgehead atoms. The predicted octanol–water partition coefficient (Wildman–Crippen LogP) is 3.40. The highest BCUT2D eigenvalue weighted by Gasteiger charge is 2.20. The van der Waals surface area contributed by atoms with Crippen molar-refractivity contribution in [2.75, 3.05) is 5.32 Å². The summed E-state index contributed by atoms with van der Waals surface area (Å²) in [5, 5.41) is 6.87. The van der Waals surface area contributed by atoms with Gasteiger partial charge in [0.15, 0.2) is 0 Å². The van der Waals surface area contributed by atoms with Crippen LogP contribution in [0.15, 0.2) is 29.4 Å². The largest absolute Gasteiger partial charge is 0.326 e. The number of hydrogen-bond donors (Lipinski definition) is 2. The molecule has 1 aliphatic rings. The molecule has 0 saturated heterocycles. The van der Waals surface area contributed by atoms with Crippen LogP contribution in [0.5, 0.6) is 0 Å². The normalized spacial score (nSPS) is 16.0. The number of hydrogen-bond acceptors (Lipinski definition) is 3. The number of nitrogens with zero attached hydrogens (tertiary/aromatic N) is 1. The monoisotopic (exact) mass is 315 g/mol.